The normalized spacial score (nSPS) is 9.21. The molecule has 10 nitrogen and oxygen atoms in total. The van der Waals surface area contributed by atoms with E-state index in [-0.39, 0.29) is 4.41 Å². The lowest BCUT2D eigenvalue weighted by atomic mass is 10.9. The molecule has 0 aliphatic carbocycles. The highest BCUT2D eigenvalue weighted by molar-refractivity contribution is 7.70. The number of guanidine groups is 2. The molecule has 0 spiro atoms. The van der Waals surface area contributed by atoms with Gasteiger partial charge in [0.05, 0.1) is 0 Å². The third-order valence-corrected chi connectivity index (χ3v) is 1.47. The van der Waals surface area contributed by atoms with Gasteiger partial charge in [-0.15, -0.1) is 4.41 Å². The smallest absolute Gasteiger partial charge is 0.347 e. The molecule has 0 saturated heterocycles. The molecule has 0 atom stereocenters. The Morgan fingerprint density at radius 3 is 2.07 bits per heavy atom. The number of nitrogens with two attached hydrogens (primary N) is 2. The molecule has 0 radical (unpaired) electrons. The van der Waals surface area contributed by atoms with Crippen LogP contribution >= 0.6 is 0 Å². The number of carbonyl (C=O) groups is 1. The average Bonchev–Trinajstić information content (AvgIpc) is 1.97. The van der Waals surface area contributed by atoms with Crippen molar-refractivity contribution in [3.05, 3.63) is 0 Å². The quantitative estimate of drug-likeness (QED) is 0.106. The van der Waals surface area contributed by atoms with Gasteiger partial charge in [-0.25, -0.2) is 18.6 Å². The molecule has 0 aliphatic rings. The monoisotopic (exact) mass is 223 g/mol. The van der Waals surface area contributed by atoms with Gasteiger partial charge in [-0.1, -0.05) is 0 Å². The molecular weight excluding hydrogens is 214 g/mol. The topological polar surface area (TPSA) is 178 Å². The summed E-state index contributed by atoms with van der Waals surface area (Å²) in [5.74, 6) is -1.26. The van der Waals surface area contributed by atoms with Gasteiger partial charge in [0.25, 0.3) is 0 Å². The van der Waals surface area contributed by atoms with E-state index in [2.05, 4.69) is 5.73 Å². The number of nitrogens with one attached hydrogen (secondary N) is 4. The number of urea groups is 1. The van der Waals surface area contributed by atoms with E-state index in [4.69, 9.17) is 16.6 Å². The van der Waals surface area contributed by atoms with Gasteiger partial charge in [-0.2, -0.15) is 0 Å². The van der Waals surface area contributed by atoms with E-state index in [9.17, 15) is 13.2 Å². The zero-order chi connectivity index (χ0) is 11.3. The van der Waals surface area contributed by atoms with E-state index >= 15 is 0 Å². The minimum absolute atomic E-state index is 0.00634. The fourth-order valence-electron chi connectivity index (χ4n) is 0.445. The number of hydrogen-bond donors (Lipinski definition) is 7. The number of primary amides is 1. The van der Waals surface area contributed by atoms with Crippen LogP contribution in [0.2, 0.25) is 0 Å². The molecule has 0 bridgehead atoms. The highest BCUT2D eigenvalue weighted by Crippen LogP contribution is 1.80. The third kappa shape index (κ3) is 4.10. The van der Waals surface area contributed by atoms with E-state index in [1.165, 1.54) is 0 Å². The summed E-state index contributed by atoms with van der Waals surface area (Å²) >= 11 is 0. The zero-order valence-corrected chi connectivity index (χ0v) is 7.67. The van der Waals surface area contributed by atoms with Crippen LogP contribution in [0.25, 0.3) is 0 Å². The fraction of sp³-hybridized carbons (Fsp3) is 0. The largest absolute Gasteiger partial charge is 0.370 e. The first-order valence-electron chi connectivity index (χ1n) is 3.04. The van der Waals surface area contributed by atoms with Gasteiger partial charge in [-0.3, -0.25) is 16.1 Å². The Morgan fingerprint density at radius 2 is 1.79 bits per heavy atom. The van der Waals surface area contributed by atoms with Crippen molar-refractivity contribution in [1.82, 2.24) is 15.2 Å². The van der Waals surface area contributed by atoms with E-state index in [1.807, 2.05) is 5.32 Å². The number of hydrogen-bond acceptors (Lipinski definition) is 5. The van der Waals surface area contributed by atoms with Gasteiger partial charge in [-0.05, 0) is 0 Å². The van der Waals surface area contributed by atoms with Crippen LogP contribution in [0.4, 0.5) is 4.79 Å². The van der Waals surface area contributed by atoms with E-state index in [0.717, 1.165) is 0 Å². The maximum atomic E-state index is 10.5. The summed E-state index contributed by atoms with van der Waals surface area (Å²) in [7, 11) is -3.31. The minimum atomic E-state index is -3.31. The molecule has 0 aromatic rings. The predicted molar refractivity (Wildman–Crippen MR) is 47.6 cm³/mol. The molecule has 0 rings (SSSR count). The van der Waals surface area contributed by atoms with Crippen LogP contribution in [0.5, 0.6) is 0 Å². The predicted octanol–water partition coefficient (Wildman–Crippen LogP) is -3.18. The fourth-order valence-corrected chi connectivity index (χ4v) is 0.788. The first-order valence-corrected chi connectivity index (χ1v) is 4.17. The van der Waals surface area contributed by atoms with Crippen LogP contribution in [0.15, 0.2) is 0 Å². The van der Waals surface area contributed by atoms with Gasteiger partial charge < -0.3 is 11.5 Å². The molecule has 11 heteroatoms. The summed E-state index contributed by atoms with van der Waals surface area (Å²) in [4.78, 5) is 10.5. The van der Waals surface area contributed by atoms with Crippen LogP contribution in [0, 0.1) is 10.8 Å². The Kier molecular flexibility index (Phi) is 4.15. The van der Waals surface area contributed by atoms with Crippen LogP contribution in [0.3, 0.4) is 0 Å². The molecule has 0 heterocycles. The van der Waals surface area contributed by atoms with Crippen molar-refractivity contribution in [1.29, 1.82) is 10.8 Å². The van der Waals surface area contributed by atoms with Gasteiger partial charge >= 0.3 is 6.03 Å². The third-order valence-electron chi connectivity index (χ3n) is 0.849. The van der Waals surface area contributed by atoms with Crippen molar-refractivity contribution in [2.75, 3.05) is 0 Å². The number of nitrogens with zero attached hydrogens (tertiary/aromatic N) is 1. The molecule has 0 fully saturated rings. The number of thiol groups is 1. The number of hydrazine groups is 1. The Hall–Kier alpha value is -2.04. The molecule has 0 aromatic carbocycles. The molecular formula is C3H9N7O3S. The second-order valence-corrected chi connectivity index (χ2v) is 2.79. The van der Waals surface area contributed by atoms with E-state index in [1.54, 1.807) is 5.43 Å². The Morgan fingerprint density at radius 1 is 1.29 bits per heavy atom. The van der Waals surface area contributed by atoms with E-state index < -0.39 is 28.8 Å². The lowest BCUT2D eigenvalue weighted by molar-refractivity contribution is 0.228. The maximum Gasteiger partial charge on any atom is 0.347 e. The zero-order valence-electron chi connectivity index (χ0n) is 6.77. The second kappa shape index (κ2) is 4.86. The van der Waals surface area contributed by atoms with Gasteiger partial charge in [0.1, 0.15) is 0 Å². The van der Waals surface area contributed by atoms with Crippen molar-refractivity contribution in [3.63, 3.8) is 0 Å². The molecule has 8 N–H and O–H groups in total. The lowest BCUT2D eigenvalue weighted by Crippen LogP contribution is -2.53. The number of rotatable bonds is 1. The molecule has 2 amide bonds. The first kappa shape index (κ1) is 12.0. The summed E-state index contributed by atoms with van der Waals surface area (Å²) < 4.78 is 20.7. The number of amides is 2. The van der Waals surface area contributed by atoms with Crippen molar-refractivity contribution in [2.45, 2.75) is 0 Å². The van der Waals surface area contributed by atoms with Gasteiger partial charge in [0, 0.05) is 0 Å². The Balaban J connectivity index is 4.39. The molecule has 80 valence electrons. The van der Waals surface area contributed by atoms with Crippen LogP contribution in [-0.4, -0.2) is 30.8 Å². The van der Waals surface area contributed by atoms with Crippen molar-refractivity contribution in [3.8, 4) is 0 Å². The minimum Gasteiger partial charge on any atom is -0.370 e. The lowest BCUT2D eigenvalue weighted by Gasteiger charge is -2.15. The van der Waals surface area contributed by atoms with Crippen LogP contribution < -0.4 is 22.2 Å². The Labute approximate surface area is 80.3 Å². The molecule has 14 heavy (non-hydrogen) atoms. The summed E-state index contributed by atoms with van der Waals surface area (Å²) in [6.07, 6.45) is 0. The molecule has 0 saturated carbocycles. The highest BCUT2D eigenvalue weighted by atomic mass is 32.2. The Bertz CT molecular complexity index is 327. The van der Waals surface area contributed by atoms with E-state index in [0.29, 0.717) is 0 Å². The first-order chi connectivity index (χ1) is 6.34. The maximum absolute atomic E-state index is 10.5. The van der Waals surface area contributed by atoms with Crippen LogP contribution in [0.1, 0.15) is 0 Å². The summed E-state index contributed by atoms with van der Waals surface area (Å²) in [6.45, 7) is 0. The SMILES string of the molecule is N=C(N)NC(=N)NN(C(N)=O)[SH](=O)=O. The second-order valence-electron chi connectivity index (χ2n) is 1.91. The molecule has 0 aromatic heterocycles. The van der Waals surface area contributed by atoms with Gasteiger partial charge in [0.2, 0.25) is 16.8 Å². The van der Waals surface area contributed by atoms with Crippen molar-refractivity contribution in [2.24, 2.45) is 11.5 Å². The highest BCUT2D eigenvalue weighted by Gasteiger charge is 2.13. The summed E-state index contributed by atoms with van der Waals surface area (Å²) in [5.41, 5.74) is 11.2. The molecule has 0 unspecified atom stereocenters. The van der Waals surface area contributed by atoms with Gasteiger partial charge in [0.15, 0.2) is 5.96 Å². The van der Waals surface area contributed by atoms with Crippen molar-refractivity contribution >= 4 is 28.8 Å². The average molecular weight is 223 g/mol. The summed E-state index contributed by atoms with van der Waals surface area (Å²) in [5, 5.41) is 15.6. The number of carbonyl (C=O) groups excluding carboxylic acids is 1. The summed E-state index contributed by atoms with van der Waals surface area (Å²) in [6, 6.07) is -1.31. The van der Waals surface area contributed by atoms with Crippen molar-refractivity contribution < 1.29 is 13.2 Å². The van der Waals surface area contributed by atoms with Crippen LogP contribution in [-0.2, 0) is 10.9 Å². The molecule has 0 aliphatic heterocycles. The standard InChI is InChI=1S/C3H9N7O3S/c4-1(5)8-2(6)9-10(3(7)11)14(12)13/h14H,(H2,7,11)(H6,4,5,6,8,9).